The Morgan fingerprint density at radius 2 is 2.00 bits per heavy atom. The average Bonchev–Trinajstić information content (AvgIpc) is 3.19. The number of thiophene rings is 1. The lowest BCUT2D eigenvalue weighted by Crippen LogP contribution is -2.07. The summed E-state index contributed by atoms with van der Waals surface area (Å²) in [6.45, 7) is 0. The van der Waals surface area contributed by atoms with Crippen molar-refractivity contribution < 1.29 is 5.11 Å². The van der Waals surface area contributed by atoms with Crippen molar-refractivity contribution in [3.63, 3.8) is 0 Å². The Morgan fingerprint density at radius 3 is 2.76 bits per heavy atom. The van der Waals surface area contributed by atoms with E-state index in [0.717, 1.165) is 24.2 Å². The van der Waals surface area contributed by atoms with Gasteiger partial charge in [-0.1, -0.05) is 29.5 Å². The summed E-state index contributed by atoms with van der Waals surface area (Å²) in [6, 6.07) is 14.0. The Balaban J connectivity index is 1.65. The fourth-order valence-electron chi connectivity index (χ4n) is 2.31. The number of aliphatic hydroxyl groups is 1. The maximum atomic E-state index is 10.4. The molecule has 3 aromatic rings. The van der Waals surface area contributed by atoms with E-state index in [-0.39, 0.29) is 0 Å². The maximum Gasteiger partial charge on any atom is 0.0977 e. The highest BCUT2D eigenvalue weighted by molar-refractivity contribution is 7.09. The molecule has 0 aliphatic heterocycles. The lowest BCUT2D eigenvalue weighted by Gasteiger charge is -2.12. The van der Waals surface area contributed by atoms with Gasteiger partial charge in [0.1, 0.15) is 0 Å². The minimum atomic E-state index is -0.542. The summed E-state index contributed by atoms with van der Waals surface area (Å²) in [4.78, 5) is 1.36. The molecule has 0 fully saturated rings. The lowest BCUT2D eigenvalue weighted by atomic mass is 10.1. The molecule has 0 saturated heterocycles. The van der Waals surface area contributed by atoms with E-state index in [1.54, 1.807) is 22.2 Å². The Morgan fingerprint density at radius 1 is 1.14 bits per heavy atom. The molecule has 1 atom stereocenters. The fraction of sp³-hybridized carbons (Fsp3) is 0.250. The fourth-order valence-corrected chi connectivity index (χ4v) is 3.06. The van der Waals surface area contributed by atoms with E-state index in [2.05, 4.69) is 27.8 Å². The Labute approximate surface area is 127 Å². The molecule has 3 rings (SSSR count). The van der Waals surface area contributed by atoms with Gasteiger partial charge in [-0.05, 0) is 42.8 Å². The van der Waals surface area contributed by atoms with Crippen molar-refractivity contribution in [2.24, 2.45) is 0 Å². The maximum absolute atomic E-state index is 10.4. The van der Waals surface area contributed by atoms with E-state index < -0.39 is 6.10 Å². The van der Waals surface area contributed by atoms with Gasteiger partial charge in [0.2, 0.25) is 0 Å². The molecule has 1 unspecified atom stereocenters. The molecular formula is C16H17N3OS. The summed E-state index contributed by atoms with van der Waals surface area (Å²) < 4.78 is 1.70. The molecule has 1 N–H and O–H groups in total. The summed E-state index contributed by atoms with van der Waals surface area (Å²) in [7, 11) is 0. The zero-order valence-corrected chi connectivity index (χ0v) is 12.4. The largest absolute Gasteiger partial charge is 0.387 e. The highest BCUT2D eigenvalue weighted by Gasteiger charge is 2.15. The molecule has 0 aliphatic rings. The molecular weight excluding hydrogens is 282 g/mol. The van der Waals surface area contributed by atoms with Gasteiger partial charge < -0.3 is 5.11 Å². The number of rotatable bonds is 6. The standard InChI is InChI=1S/C16H17N3OS/c20-16(10-4-8-14-9-5-11-21-14)15-12-17-18-19(15)13-6-2-1-3-7-13/h1-3,5-7,9,11-12,16,20H,4,8,10H2. The summed E-state index contributed by atoms with van der Waals surface area (Å²) in [5.74, 6) is 0. The molecule has 0 bridgehead atoms. The van der Waals surface area contributed by atoms with Crippen molar-refractivity contribution in [3.05, 3.63) is 64.6 Å². The number of aliphatic hydroxyl groups excluding tert-OH is 1. The van der Waals surface area contributed by atoms with E-state index in [4.69, 9.17) is 0 Å². The number of hydrogen-bond donors (Lipinski definition) is 1. The van der Waals surface area contributed by atoms with Crippen LogP contribution in [-0.4, -0.2) is 20.1 Å². The van der Waals surface area contributed by atoms with Crippen molar-refractivity contribution in [3.8, 4) is 5.69 Å². The van der Waals surface area contributed by atoms with Crippen molar-refractivity contribution in [2.75, 3.05) is 0 Å². The minimum absolute atomic E-state index is 0.542. The molecule has 0 amide bonds. The van der Waals surface area contributed by atoms with Gasteiger partial charge in [-0.2, -0.15) is 0 Å². The van der Waals surface area contributed by atoms with Crippen molar-refractivity contribution in [1.82, 2.24) is 15.0 Å². The number of benzene rings is 1. The third-order valence-corrected chi connectivity index (χ3v) is 4.33. The Bertz CT molecular complexity index is 664. The van der Waals surface area contributed by atoms with Crippen LogP contribution in [0.3, 0.4) is 0 Å². The number of aromatic nitrogens is 3. The van der Waals surface area contributed by atoms with Gasteiger partial charge in [0.05, 0.1) is 23.7 Å². The molecule has 0 radical (unpaired) electrons. The van der Waals surface area contributed by atoms with Gasteiger partial charge in [0.15, 0.2) is 0 Å². The summed E-state index contributed by atoms with van der Waals surface area (Å²) >= 11 is 1.76. The smallest absolute Gasteiger partial charge is 0.0977 e. The molecule has 4 nitrogen and oxygen atoms in total. The predicted molar refractivity (Wildman–Crippen MR) is 83.6 cm³/mol. The highest BCUT2D eigenvalue weighted by atomic mass is 32.1. The summed E-state index contributed by atoms with van der Waals surface area (Å²) in [5, 5.41) is 20.5. The average molecular weight is 299 g/mol. The van der Waals surface area contributed by atoms with E-state index in [1.165, 1.54) is 4.88 Å². The van der Waals surface area contributed by atoms with Gasteiger partial charge in [0.25, 0.3) is 0 Å². The van der Waals surface area contributed by atoms with Crippen LogP contribution in [0.1, 0.15) is 29.5 Å². The first-order valence-electron chi connectivity index (χ1n) is 7.01. The minimum Gasteiger partial charge on any atom is -0.387 e. The third-order valence-electron chi connectivity index (χ3n) is 3.40. The quantitative estimate of drug-likeness (QED) is 0.759. The first-order chi connectivity index (χ1) is 10.3. The number of hydrogen-bond acceptors (Lipinski definition) is 4. The Kier molecular flexibility index (Phi) is 4.43. The van der Waals surface area contributed by atoms with Crippen LogP contribution in [0, 0.1) is 0 Å². The first-order valence-corrected chi connectivity index (χ1v) is 7.89. The molecule has 2 heterocycles. The van der Waals surface area contributed by atoms with E-state index in [9.17, 15) is 5.11 Å². The Hall–Kier alpha value is -1.98. The zero-order valence-electron chi connectivity index (χ0n) is 11.6. The van der Waals surface area contributed by atoms with Crippen molar-refractivity contribution in [2.45, 2.75) is 25.4 Å². The molecule has 0 spiro atoms. The van der Waals surface area contributed by atoms with Gasteiger partial charge in [-0.3, -0.25) is 0 Å². The zero-order chi connectivity index (χ0) is 14.5. The van der Waals surface area contributed by atoms with Gasteiger partial charge >= 0.3 is 0 Å². The normalized spacial score (nSPS) is 12.4. The van der Waals surface area contributed by atoms with E-state index in [0.29, 0.717) is 6.42 Å². The van der Waals surface area contributed by atoms with E-state index >= 15 is 0 Å². The second kappa shape index (κ2) is 6.65. The van der Waals surface area contributed by atoms with Crippen LogP contribution < -0.4 is 0 Å². The topological polar surface area (TPSA) is 50.9 Å². The molecule has 0 aliphatic carbocycles. The van der Waals surface area contributed by atoms with Crippen molar-refractivity contribution in [1.29, 1.82) is 0 Å². The van der Waals surface area contributed by atoms with Gasteiger partial charge in [-0.15, -0.1) is 16.4 Å². The summed E-state index contributed by atoms with van der Waals surface area (Å²) in [5.41, 5.74) is 1.66. The van der Waals surface area contributed by atoms with Gasteiger partial charge in [-0.25, -0.2) is 4.68 Å². The molecule has 5 heteroatoms. The molecule has 1 aromatic carbocycles. The second-order valence-electron chi connectivity index (χ2n) is 4.89. The second-order valence-corrected chi connectivity index (χ2v) is 5.93. The number of nitrogens with zero attached hydrogens (tertiary/aromatic N) is 3. The molecule has 2 aromatic heterocycles. The number of para-hydroxylation sites is 1. The first kappa shape index (κ1) is 14.0. The SMILES string of the molecule is OC(CCCc1cccs1)c1cnnn1-c1ccccc1. The highest BCUT2D eigenvalue weighted by Crippen LogP contribution is 2.22. The van der Waals surface area contributed by atoms with Gasteiger partial charge in [0, 0.05) is 4.88 Å². The van der Waals surface area contributed by atoms with Crippen LogP contribution in [0.25, 0.3) is 5.69 Å². The van der Waals surface area contributed by atoms with Crippen molar-refractivity contribution >= 4 is 11.3 Å². The van der Waals surface area contributed by atoms with Crippen LogP contribution in [0.5, 0.6) is 0 Å². The van der Waals surface area contributed by atoms with E-state index in [1.807, 2.05) is 30.3 Å². The van der Waals surface area contributed by atoms with Crippen LogP contribution in [0.15, 0.2) is 54.0 Å². The van der Waals surface area contributed by atoms with Crippen LogP contribution in [0.4, 0.5) is 0 Å². The lowest BCUT2D eigenvalue weighted by molar-refractivity contribution is 0.157. The summed E-state index contributed by atoms with van der Waals surface area (Å²) in [6.07, 6.45) is 3.75. The molecule has 21 heavy (non-hydrogen) atoms. The third kappa shape index (κ3) is 3.37. The van der Waals surface area contributed by atoms with Crippen LogP contribution >= 0.6 is 11.3 Å². The monoisotopic (exact) mass is 299 g/mol. The number of aryl methyl sites for hydroxylation is 1. The molecule has 0 saturated carbocycles. The predicted octanol–water partition coefficient (Wildman–Crippen LogP) is 3.39. The van der Waals surface area contributed by atoms with Crippen LogP contribution in [-0.2, 0) is 6.42 Å². The molecule has 108 valence electrons. The van der Waals surface area contributed by atoms with Crippen LogP contribution in [0.2, 0.25) is 0 Å².